The number of rotatable bonds is 3. The Morgan fingerprint density at radius 1 is 0.800 bits per heavy atom. The first-order chi connectivity index (χ1) is 14.6. The van der Waals surface area contributed by atoms with E-state index in [1.165, 1.54) is 11.6 Å². The number of hydrogen-bond donors (Lipinski definition) is 1. The van der Waals surface area contributed by atoms with Crippen molar-refractivity contribution in [3.63, 3.8) is 0 Å². The van der Waals surface area contributed by atoms with Gasteiger partial charge in [-0.3, -0.25) is 13.9 Å². The number of para-hydroxylation sites is 1. The maximum Gasteiger partial charge on any atom is 0.333 e. The second-order valence-electron chi connectivity index (χ2n) is 7.21. The van der Waals surface area contributed by atoms with Crippen molar-refractivity contribution in [1.29, 1.82) is 0 Å². The second kappa shape index (κ2) is 6.77. The molecule has 148 valence electrons. The van der Waals surface area contributed by atoms with Crippen LogP contribution in [0.1, 0.15) is 0 Å². The van der Waals surface area contributed by atoms with Crippen molar-refractivity contribution in [1.82, 2.24) is 9.13 Å². The van der Waals surface area contributed by atoms with Gasteiger partial charge in [-0.05, 0) is 28.5 Å². The predicted molar refractivity (Wildman–Crippen MR) is 119 cm³/mol. The fourth-order valence-electron chi connectivity index (χ4n) is 3.86. The summed E-state index contributed by atoms with van der Waals surface area (Å²) in [4.78, 5) is 25.6. The number of nitrogens with one attached hydrogen (secondary N) is 1. The van der Waals surface area contributed by atoms with Crippen LogP contribution >= 0.6 is 0 Å². The van der Waals surface area contributed by atoms with Gasteiger partial charge < -0.3 is 9.73 Å². The van der Waals surface area contributed by atoms with Crippen LogP contribution in [0.2, 0.25) is 0 Å². The summed E-state index contributed by atoms with van der Waals surface area (Å²) in [5.41, 5.74) is 1.74. The standard InChI is InChI=1S/C24H19N3O3/c1-26-22(28)20-19(18-14-8-10-15-9-6-7-13-17(15)18)21(25-16-11-4-3-5-12-16)30-23(20)27(2)24(26)29/h3-14,25H,1-2H3. The molecule has 0 amide bonds. The summed E-state index contributed by atoms with van der Waals surface area (Å²) < 4.78 is 8.56. The molecular formula is C24H19N3O3. The fourth-order valence-corrected chi connectivity index (χ4v) is 3.86. The summed E-state index contributed by atoms with van der Waals surface area (Å²) in [6.45, 7) is 0. The maximum atomic E-state index is 13.2. The lowest BCUT2D eigenvalue weighted by molar-refractivity contribution is 0.577. The van der Waals surface area contributed by atoms with E-state index in [0.29, 0.717) is 16.8 Å². The summed E-state index contributed by atoms with van der Waals surface area (Å²) >= 11 is 0. The summed E-state index contributed by atoms with van der Waals surface area (Å²) in [5, 5.41) is 5.71. The molecule has 0 fully saturated rings. The summed E-state index contributed by atoms with van der Waals surface area (Å²) in [6, 6.07) is 23.5. The molecule has 0 bridgehead atoms. The van der Waals surface area contributed by atoms with Crippen LogP contribution in [0.4, 0.5) is 11.6 Å². The van der Waals surface area contributed by atoms with Gasteiger partial charge >= 0.3 is 5.69 Å². The van der Waals surface area contributed by atoms with E-state index in [9.17, 15) is 9.59 Å². The quantitative estimate of drug-likeness (QED) is 0.490. The molecule has 1 N–H and O–H groups in total. The number of fused-ring (bicyclic) bond motifs is 2. The Morgan fingerprint density at radius 2 is 1.50 bits per heavy atom. The van der Waals surface area contributed by atoms with E-state index in [4.69, 9.17) is 4.42 Å². The van der Waals surface area contributed by atoms with E-state index < -0.39 is 5.69 Å². The molecule has 0 aliphatic carbocycles. The van der Waals surface area contributed by atoms with E-state index in [0.717, 1.165) is 26.6 Å². The maximum absolute atomic E-state index is 13.2. The molecule has 5 aromatic rings. The molecule has 2 aromatic heterocycles. The highest BCUT2D eigenvalue weighted by atomic mass is 16.4. The Kier molecular flexibility index (Phi) is 4.06. The lowest BCUT2D eigenvalue weighted by Gasteiger charge is -2.09. The van der Waals surface area contributed by atoms with E-state index in [-0.39, 0.29) is 11.3 Å². The third kappa shape index (κ3) is 2.65. The molecule has 0 atom stereocenters. The molecule has 6 heteroatoms. The molecule has 0 spiro atoms. The zero-order valence-electron chi connectivity index (χ0n) is 16.5. The topological polar surface area (TPSA) is 69.2 Å². The van der Waals surface area contributed by atoms with Gasteiger partial charge in [0.1, 0.15) is 5.39 Å². The van der Waals surface area contributed by atoms with Crippen LogP contribution in [0.3, 0.4) is 0 Å². The minimum absolute atomic E-state index is 0.240. The number of hydrogen-bond acceptors (Lipinski definition) is 4. The Hall–Kier alpha value is -4.06. The fraction of sp³-hybridized carbons (Fsp3) is 0.0833. The molecular weight excluding hydrogens is 378 g/mol. The molecule has 30 heavy (non-hydrogen) atoms. The van der Waals surface area contributed by atoms with Crippen molar-refractivity contribution in [3.05, 3.63) is 93.6 Å². The third-order valence-electron chi connectivity index (χ3n) is 5.38. The van der Waals surface area contributed by atoms with Crippen LogP contribution in [-0.2, 0) is 14.1 Å². The average molecular weight is 397 g/mol. The average Bonchev–Trinajstić information content (AvgIpc) is 3.15. The number of nitrogens with zero attached hydrogens (tertiary/aromatic N) is 2. The highest BCUT2D eigenvalue weighted by Gasteiger charge is 2.24. The molecule has 2 heterocycles. The first-order valence-electron chi connectivity index (χ1n) is 9.59. The summed E-state index contributed by atoms with van der Waals surface area (Å²) in [6.07, 6.45) is 0. The molecule has 0 unspecified atom stereocenters. The van der Waals surface area contributed by atoms with Gasteiger partial charge in [-0.2, -0.15) is 0 Å². The lowest BCUT2D eigenvalue weighted by Crippen LogP contribution is -2.36. The van der Waals surface area contributed by atoms with Gasteiger partial charge in [-0.1, -0.05) is 60.7 Å². The molecule has 0 saturated heterocycles. The van der Waals surface area contributed by atoms with Gasteiger partial charge in [0.05, 0.1) is 5.56 Å². The van der Waals surface area contributed by atoms with Gasteiger partial charge in [0.15, 0.2) is 0 Å². The van der Waals surface area contributed by atoms with Crippen molar-refractivity contribution in [3.8, 4) is 11.1 Å². The van der Waals surface area contributed by atoms with Gasteiger partial charge in [-0.15, -0.1) is 0 Å². The Morgan fingerprint density at radius 3 is 2.30 bits per heavy atom. The molecule has 0 aliphatic rings. The van der Waals surface area contributed by atoms with Gasteiger partial charge in [0, 0.05) is 19.8 Å². The number of benzene rings is 3. The van der Waals surface area contributed by atoms with Crippen molar-refractivity contribution in [2.75, 3.05) is 5.32 Å². The molecule has 6 nitrogen and oxygen atoms in total. The summed E-state index contributed by atoms with van der Waals surface area (Å²) in [5.74, 6) is 0.422. The van der Waals surface area contributed by atoms with E-state index in [2.05, 4.69) is 5.32 Å². The summed E-state index contributed by atoms with van der Waals surface area (Å²) in [7, 11) is 3.08. The normalized spacial score (nSPS) is 11.3. The van der Waals surface area contributed by atoms with Crippen molar-refractivity contribution >= 4 is 33.4 Å². The largest absolute Gasteiger partial charge is 0.423 e. The second-order valence-corrected chi connectivity index (χ2v) is 7.21. The van der Waals surface area contributed by atoms with Crippen molar-refractivity contribution < 1.29 is 4.42 Å². The Labute approximate surface area is 171 Å². The SMILES string of the molecule is Cn1c(=O)c2c(-c3cccc4ccccc34)c(Nc3ccccc3)oc2n(C)c1=O. The van der Waals surface area contributed by atoms with Crippen molar-refractivity contribution in [2.24, 2.45) is 14.1 Å². The number of furan rings is 1. The monoisotopic (exact) mass is 397 g/mol. The van der Waals surface area contributed by atoms with Gasteiger partial charge in [-0.25, -0.2) is 4.79 Å². The van der Waals surface area contributed by atoms with Gasteiger partial charge in [0.25, 0.3) is 5.56 Å². The van der Waals surface area contributed by atoms with Crippen LogP contribution < -0.4 is 16.6 Å². The first kappa shape index (κ1) is 18.0. The van der Waals surface area contributed by atoms with Gasteiger partial charge in [0.2, 0.25) is 11.6 Å². The highest BCUT2D eigenvalue weighted by molar-refractivity contribution is 6.08. The van der Waals surface area contributed by atoms with Crippen molar-refractivity contribution in [2.45, 2.75) is 0 Å². The zero-order valence-corrected chi connectivity index (χ0v) is 16.5. The minimum Gasteiger partial charge on any atom is -0.423 e. The zero-order chi connectivity index (χ0) is 20.8. The number of aromatic nitrogens is 2. The smallest absolute Gasteiger partial charge is 0.333 e. The van der Waals surface area contributed by atoms with E-state index in [1.807, 2.05) is 72.8 Å². The van der Waals surface area contributed by atoms with Crippen LogP contribution in [0.25, 0.3) is 33.0 Å². The third-order valence-corrected chi connectivity index (χ3v) is 5.38. The number of aryl methyl sites for hydroxylation is 1. The lowest BCUT2D eigenvalue weighted by atomic mass is 9.98. The predicted octanol–water partition coefficient (Wildman–Crippen LogP) is 4.39. The molecule has 0 aliphatic heterocycles. The minimum atomic E-state index is -0.433. The van der Waals surface area contributed by atoms with Crippen LogP contribution in [0, 0.1) is 0 Å². The highest BCUT2D eigenvalue weighted by Crippen LogP contribution is 2.40. The molecule has 5 rings (SSSR count). The Balaban J connectivity index is 1.92. The number of anilines is 2. The van der Waals surface area contributed by atoms with E-state index in [1.54, 1.807) is 7.05 Å². The van der Waals surface area contributed by atoms with Crippen LogP contribution in [0.15, 0.2) is 86.8 Å². The Bertz CT molecular complexity index is 1520. The molecule has 0 radical (unpaired) electrons. The molecule has 3 aromatic carbocycles. The van der Waals surface area contributed by atoms with Crippen LogP contribution in [0.5, 0.6) is 0 Å². The first-order valence-corrected chi connectivity index (χ1v) is 9.59. The van der Waals surface area contributed by atoms with Crippen LogP contribution in [-0.4, -0.2) is 9.13 Å². The molecule has 0 saturated carbocycles. The van der Waals surface area contributed by atoms with E-state index >= 15 is 0 Å².